The first kappa shape index (κ1) is 15.3. The predicted molar refractivity (Wildman–Crippen MR) is 60.2 cm³/mol. The zero-order valence-electron chi connectivity index (χ0n) is 8.82. The summed E-state index contributed by atoms with van der Waals surface area (Å²) in [5.74, 6) is -0.403. The number of esters is 1. The fourth-order valence-corrected chi connectivity index (χ4v) is 1.79. The smallest absolute Gasteiger partial charge is 0.306 e. The number of methoxy groups -OCH3 is 1. The van der Waals surface area contributed by atoms with Crippen LogP contribution in [0.5, 0.6) is 0 Å². The third-order valence-electron chi connectivity index (χ3n) is 2.09. The molecule has 0 N–H and O–H groups in total. The van der Waals surface area contributed by atoms with Gasteiger partial charge in [-0.15, -0.1) is 11.6 Å². The molecule has 0 aliphatic carbocycles. The standard InChI is InChI=1S/C9H14Cl3FO2/c1-8(2,5-7(14)15-3)6(10)4-9(11,12)13/h6H,4-5H2,1-3H3. The van der Waals surface area contributed by atoms with Gasteiger partial charge in [0, 0.05) is 11.8 Å². The van der Waals surface area contributed by atoms with E-state index in [1.165, 1.54) is 7.11 Å². The molecule has 0 heterocycles. The topological polar surface area (TPSA) is 26.3 Å². The monoisotopic (exact) mass is 278 g/mol. The predicted octanol–water partition coefficient (Wildman–Crippen LogP) is 3.67. The van der Waals surface area contributed by atoms with E-state index in [0.717, 1.165) is 0 Å². The Bertz CT molecular complexity index is 226. The molecule has 0 saturated carbocycles. The van der Waals surface area contributed by atoms with Gasteiger partial charge in [0.15, 0.2) is 0 Å². The van der Waals surface area contributed by atoms with Gasteiger partial charge in [0.25, 0.3) is 4.59 Å². The number of carbonyl (C=O) groups excluding carboxylic acids is 1. The average Bonchev–Trinajstić information content (AvgIpc) is 2.00. The third kappa shape index (κ3) is 6.44. The van der Waals surface area contributed by atoms with Crippen molar-refractivity contribution in [2.75, 3.05) is 7.11 Å². The Hall–Kier alpha value is 0.270. The number of alkyl halides is 4. The van der Waals surface area contributed by atoms with Gasteiger partial charge in [-0.05, 0) is 5.41 Å². The lowest BCUT2D eigenvalue weighted by Crippen LogP contribution is -2.31. The molecule has 2 nitrogen and oxygen atoms in total. The summed E-state index contributed by atoms with van der Waals surface area (Å²) < 4.78 is 15.1. The van der Waals surface area contributed by atoms with E-state index in [1.54, 1.807) is 13.8 Å². The molecule has 0 radical (unpaired) electrons. The van der Waals surface area contributed by atoms with Crippen molar-refractivity contribution < 1.29 is 13.9 Å². The third-order valence-corrected chi connectivity index (χ3v) is 3.14. The molecule has 1 unspecified atom stereocenters. The molecule has 90 valence electrons. The Morgan fingerprint density at radius 1 is 1.47 bits per heavy atom. The Morgan fingerprint density at radius 3 is 2.27 bits per heavy atom. The molecule has 15 heavy (non-hydrogen) atoms. The van der Waals surface area contributed by atoms with Gasteiger partial charge in [-0.1, -0.05) is 37.0 Å². The molecule has 0 amide bonds. The second-order valence-corrected chi connectivity index (χ2v) is 5.95. The van der Waals surface area contributed by atoms with Crippen molar-refractivity contribution in [2.24, 2.45) is 5.41 Å². The van der Waals surface area contributed by atoms with Gasteiger partial charge >= 0.3 is 5.97 Å². The molecule has 0 saturated heterocycles. The van der Waals surface area contributed by atoms with Crippen LogP contribution in [0, 0.1) is 5.41 Å². The Balaban J connectivity index is 4.38. The molecule has 0 aliphatic heterocycles. The molecular formula is C9H14Cl3FO2. The number of ether oxygens (including phenoxy) is 1. The van der Waals surface area contributed by atoms with Crippen molar-refractivity contribution >= 4 is 40.8 Å². The zero-order chi connectivity index (χ0) is 12.3. The first-order chi connectivity index (χ1) is 6.58. The van der Waals surface area contributed by atoms with Crippen LogP contribution in [-0.2, 0) is 9.53 Å². The minimum Gasteiger partial charge on any atom is -0.469 e. The summed E-state index contributed by atoms with van der Waals surface area (Å²) in [6.07, 6.45) is -0.164. The zero-order valence-corrected chi connectivity index (χ0v) is 11.1. The molecule has 0 spiro atoms. The molecule has 1 atom stereocenters. The number of rotatable bonds is 5. The maximum atomic E-state index is 12.9. The lowest BCUT2D eigenvalue weighted by molar-refractivity contribution is -0.143. The molecule has 0 aromatic rings. The van der Waals surface area contributed by atoms with Crippen LogP contribution in [0.1, 0.15) is 26.7 Å². The van der Waals surface area contributed by atoms with Crippen molar-refractivity contribution in [1.29, 1.82) is 0 Å². The van der Waals surface area contributed by atoms with Crippen molar-refractivity contribution in [3.8, 4) is 0 Å². The summed E-state index contributed by atoms with van der Waals surface area (Å²) in [7, 11) is 1.28. The van der Waals surface area contributed by atoms with E-state index < -0.39 is 21.3 Å². The number of hydrogen-bond donors (Lipinski definition) is 0. The summed E-state index contributed by atoms with van der Waals surface area (Å²) in [6, 6.07) is 0. The van der Waals surface area contributed by atoms with Crippen LogP contribution in [0.3, 0.4) is 0 Å². The SMILES string of the molecule is COC(=O)CC(C)(C)C(Cl)CC(F)(Cl)Cl. The highest BCUT2D eigenvalue weighted by molar-refractivity contribution is 6.47. The summed E-state index contributed by atoms with van der Waals surface area (Å²) in [5.41, 5.74) is -0.629. The second kappa shape index (κ2) is 5.55. The van der Waals surface area contributed by atoms with Gasteiger partial charge in [-0.3, -0.25) is 4.79 Å². The average molecular weight is 280 g/mol. The minimum absolute atomic E-state index is 0.0848. The molecule has 0 fully saturated rings. The van der Waals surface area contributed by atoms with E-state index in [0.29, 0.717) is 0 Å². The minimum atomic E-state index is -2.38. The molecule has 0 aromatic carbocycles. The van der Waals surface area contributed by atoms with E-state index in [1.807, 2.05) is 0 Å². The molecule has 6 heteroatoms. The highest BCUT2D eigenvalue weighted by atomic mass is 35.5. The summed E-state index contributed by atoms with van der Waals surface area (Å²) >= 11 is 16.3. The van der Waals surface area contributed by atoms with Gasteiger partial charge in [-0.25, -0.2) is 4.39 Å². The van der Waals surface area contributed by atoms with E-state index in [2.05, 4.69) is 4.74 Å². The van der Waals surface area contributed by atoms with Crippen LogP contribution < -0.4 is 0 Å². The number of hydrogen-bond acceptors (Lipinski definition) is 2. The van der Waals surface area contributed by atoms with Crippen molar-refractivity contribution in [1.82, 2.24) is 0 Å². The van der Waals surface area contributed by atoms with Crippen molar-refractivity contribution in [2.45, 2.75) is 36.7 Å². The van der Waals surface area contributed by atoms with Gasteiger partial charge < -0.3 is 4.74 Å². The fraction of sp³-hybridized carbons (Fsp3) is 0.889. The van der Waals surface area contributed by atoms with Crippen LogP contribution in [0.25, 0.3) is 0 Å². The normalized spacial score (nSPS) is 14.9. The van der Waals surface area contributed by atoms with Crippen molar-refractivity contribution in [3.05, 3.63) is 0 Å². The van der Waals surface area contributed by atoms with Crippen LogP contribution in [0.2, 0.25) is 0 Å². The number of carbonyl (C=O) groups is 1. The van der Waals surface area contributed by atoms with E-state index in [9.17, 15) is 9.18 Å². The van der Waals surface area contributed by atoms with E-state index in [-0.39, 0.29) is 12.8 Å². The lowest BCUT2D eigenvalue weighted by atomic mass is 9.84. The largest absolute Gasteiger partial charge is 0.469 e. The Labute approximate surface area is 104 Å². The summed E-state index contributed by atoms with van der Waals surface area (Å²) in [6.45, 7) is 3.45. The molecular weight excluding hydrogens is 265 g/mol. The molecule has 0 bridgehead atoms. The van der Waals surface area contributed by atoms with Crippen LogP contribution in [-0.4, -0.2) is 23.0 Å². The lowest BCUT2D eigenvalue weighted by Gasteiger charge is -2.30. The van der Waals surface area contributed by atoms with Gasteiger partial charge in [0.2, 0.25) is 0 Å². The second-order valence-electron chi connectivity index (χ2n) is 4.03. The maximum Gasteiger partial charge on any atom is 0.306 e. The first-order valence-corrected chi connectivity index (χ1v) is 5.55. The molecule has 0 aliphatic rings. The van der Waals surface area contributed by atoms with Crippen molar-refractivity contribution in [3.63, 3.8) is 0 Å². The maximum absolute atomic E-state index is 12.9. The summed E-state index contributed by atoms with van der Waals surface area (Å²) in [5, 5.41) is -0.656. The van der Waals surface area contributed by atoms with E-state index in [4.69, 9.17) is 34.8 Å². The molecule has 0 aromatic heterocycles. The first-order valence-electron chi connectivity index (χ1n) is 4.36. The highest BCUT2D eigenvalue weighted by Crippen LogP contribution is 2.39. The van der Waals surface area contributed by atoms with Gasteiger partial charge in [-0.2, -0.15) is 0 Å². The van der Waals surface area contributed by atoms with Crippen LogP contribution >= 0.6 is 34.8 Å². The van der Waals surface area contributed by atoms with Gasteiger partial charge in [0.1, 0.15) is 0 Å². The Morgan fingerprint density at radius 2 is 1.93 bits per heavy atom. The summed E-state index contributed by atoms with van der Waals surface area (Å²) in [4.78, 5) is 11.1. The number of halogens is 4. The van der Waals surface area contributed by atoms with Crippen LogP contribution in [0.15, 0.2) is 0 Å². The fourth-order valence-electron chi connectivity index (χ4n) is 1.03. The Kier molecular flexibility index (Phi) is 5.65. The highest BCUT2D eigenvalue weighted by Gasteiger charge is 2.37. The van der Waals surface area contributed by atoms with Crippen LogP contribution in [0.4, 0.5) is 4.39 Å². The molecule has 0 rings (SSSR count). The quantitative estimate of drug-likeness (QED) is 0.567. The van der Waals surface area contributed by atoms with Gasteiger partial charge in [0.05, 0.1) is 13.5 Å². The van der Waals surface area contributed by atoms with E-state index >= 15 is 0 Å².